The van der Waals surface area contributed by atoms with E-state index >= 15 is 0 Å². The van der Waals surface area contributed by atoms with Crippen LogP contribution in [0.4, 0.5) is 0 Å². The molecule has 0 saturated carbocycles. The van der Waals surface area contributed by atoms with Crippen LogP contribution < -0.4 is 0 Å². The average Bonchev–Trinajstić information content (AvgIpc) is 2.32. The Labute approximate surface area is 99.4 Å². The van der Waals surface area contributed by atoms with Crippen LogP contribution in [0.5, 0.6) is 0 Å². The second-order valence-corrected chi connectivity index (χ2v) is 3.93. The normalized spacial score (nSPS) is 17.5. The maximum absolute atomic E-state index is 11.7. The summed E-state index contributed by atoms with van der Waals surface area (Å²) in [7, 11) is 0. The van der Waals surface area contributed by atoms with Crippen LogP contribution in [0.25, 0.3) is 6.08 Å². The number of esters is 1. The summed E-state index contributed by atoms with van der Waals surface area (Å²) in [5, 5.41) is 0. The zero-order valence-corrected chi connectivity index (χ0v) is 9.47. The van der Waals surface area contributed by atoms with Gasteiger partial charge in [0.25, 0.3) is 0 Å². The molecule has 0 aromatic heterocycles. The molecule has 3 nitrogen and oxygen atoms in total. The molecule has 1 unspecified atom stereocenters. The van der Waals surface area contributed by atoms with E-state index in [0.29, 0.717) is 0 Å². The third-order valence-electron chi connectivity index (χ3n) is 2.54. The molecule has 1 atom stereocenters. The third kappa shape index (κ3) is 2.18. The van der Waals surface area contributed by atoms with Gasteiger partial charge < -0.3 is 4.74 Å². The molecule has 0 bridgehead atoms. The number of ether oxygens (including phenoxy) is 1. The molecule has 17 heavy (non-hydrogen) atoms. The predicted octanol–water partition coefficient (Wildman–Crippen LogP) is 2.44. The van der Waals surface area contributed by atoms with E-state index in [1.54, 1.807) is 19.1 Å². The summed E-state index contributed by atoms with van der Waals surface area (Å²) in [5.41, 5.74) is 1.89. The number of fused-ring (bicyclic) bond motifs is 1. The predicted molar refractivity (Wildman–Crippen MR) is 64.1 cm³/mol. The first-order valence-electron chi connectivity index (χ1n) is 5.27. The SMILES string of the molecule is C=C(C)C(=O)OC1C(=O)C=Cc2ccccc21. The molecule has 0 N–H and O–H groups in total. The van der Waals surface area contributed by atoms with E-state index in [0.717, 1.165) is 11.1 Å². The van der Waals surface area contributed by atoms with Crippen molar-refractivity contribution < 1.29 is 14.3 Å². The van der Waals surface area contributed by atoms with Gasteiger partial charge >= 0.3 is 5.97 Å². The highest BCUT2D eigenvalue weighted by Gasteiger charge is 2.27. The van der Waals surface area contributed by atoms with Crippen molar-refractivity contribution in [2.24, 2.45) is 0 Å². The fourth-order valence-electron chi connectivity index (χ4n) is 1.64. The van der Waals surface area contributed by atoms with Crippen LogP contribution in [-0.2, 0) is 14.3 Å². The van der Waals surface area contributed by atoms with Gasteiger partial charge in [0, 0.05) is 11.1 Å². The minimum absolute atomic E-state index is 0.224. The van der Waals surface area contributed by atoms with Crippen molar-refractivity contribution in [1.29, 1.82) is 0 Å². The minimum atomic E-state index is -0.847. The average molecular weight is 228 g/mol. The van der Waals surface area contributed by atoms with Crippen LogP contribution in [0.3, 0.4) is 0 Å². The number of carbonyl (C=O) groups excluding carboxylic acids is 2. The molecule has 0 amide bonds. The minimum Gasteiger partial charge on any atom is -0.446 e. The maximum atomic E-state index is 11.7. The fraction of sp³-hybridized carbons (Fsp3) is 0.143. The summed E-state index contributed by atoms with van der Waals surface area (Å²) >= 11 is 0. The van der Waals surface area contributed by atoms with Crippen LogP contribution >= 0.6 is 0 Å². The maximum Gasteiger partial charge on any atom is 0.334 e. The Balaban J connectivity index is 2.34. The summed E-state index contributed by atoms with van der Waals surface area (Å²) < 4.78 is 5.15. The molecular weight excluding hydrogens is 216 g/mol. The Hall–Kier alpha value is -2.16. The molecule has 2 rings (SSSR count). The van der Waals surface area contributed by atoms with Gasteiger partial charge in [0.15, 0.2) is 6.10 Å². The zero-order valence-electron chi connectivity index (χ0n) is 9.47. The molecule has 0 radical (unpaired) electrons. The second kappa shape index (κ2) is 4.37. The Morgan fingerprint density at radius 2 is 2.00 bits per heavy atom. The van der Waals surface area contributed by atoms with E-state index in [1.807, 2.05) is 18.2 Å². The van der Waals surface area contributed by atoms with Gasteiger partial charge in [0.05, 0.1) is 0 Å². The van der Waals surface area contributed by atoms with Gasteiger partial charge in [-0.1, -0.05) is 36.9 Å². The Morgan fingerprint density at radius 3 is 2.71 bits per heavy atom. The van der Waals surface area contributed by atoms with E-state index in [2.05, 4.69) is 6.58 Å². The van der Waals surface area contributed by atoms with Gasteiger partial charge in [0.1, 0.15) is 0 Å². The number of carbonyl (C=O) groups is 2. The number of benzene rings is 1. The van der Waals surface area contributed by atoms with E-state index in [1.165, 1.54) is 6.08 Å². The van der Waals surface area contributed by atoms with Crippen LogP contribution in [0.1, 0.15) is 24.2 Å². The molecule has 0 heterocycles. The van der Waals surface area contributed by atoms with Crippen molar-refractivity contribution in [2.45, 2.75) is 13.0 Å². The standard InChI is InChI=1S/C14H12O3/c1-9(2)14(16)17-13-11-6-4-3-5-10(11)7-8-12(13)15/h3-8,13H,1H2,2H3. The summed E-state index contributed by atoms with van der Waals surface area (Å²) in [5.74, 6) is -0.772. The van der Waals surface area contributed by atoms with Crippen LogP contribution in [-0.4, -0.2) is 11.8 Å². The summed E-state index contributed by atoms with van der Waals surface area (Å²) in [6, 6.07) is 7.34. The zero-order chi connectivity index (χ0) is 12.4. The highest BCUT2D eigenvalue weighted by molar-refractivity contribution is 6.02. The molecule has 3 heteroatoms. The molecular formula is C14H12O3. The van der Waals surface area contributed by atoms with Gasteiger partial charge in [-0.15, -0.1) is 0 Å². The highest BCUT2D eigenvalue weighted by atomic mass is 16.5. The van der Waals surface area contributed by atoms with E-state index in [4.69, 9.17) is 4.74 Å². The first kappa shape index (κ1) is 11.3. The van der Waals surface area contributed by atoms with Crippen molar-refractivity contribution in [3.05, 3.63) is 53.6 Å². The van der Waals surface area contributed by atoms with Gasteiger partial charge in [-0.2, -0.15) is 0 Å². The van der Waals surface area contributed by atoms with Crippen molar-refractivity contribution in [2.75, 3.05) is 0 Å². The molecule has 0 saturated heterocycles. The van der Waals surface area contributed by atoms with Gasteiger partial charge in [-0.3, -0.25) is 4.79 Å². The molecule has 1 aliphatic rings. The quantitative estimate of drug-likeness (QED) is 0.576. The van der Waals surface area contributed by atoms with E-state index < -0.39 is 12.1 Å². The van der Waals surface area contributed by atoms with E-state index in [-0.39, 0.29) is 11.4 Å². The summed E-state index contributed by atoms with van der Waals surface area (Å²) in [4.78, 5) is 23.2. The molecule has 1 aromatic rings. The Bertz CT molecular complexity index is 526. The first-order chi connectivity index (χ1) is 8.09. The lowest BCUT2D eigenvalue weighted by Gasteiger charge is -2.20. The van der Waals surface area contributed by atoms with Gasteiger partial charge in [0.2, 0.25) is 5.78 Å². The number of ketones is 1. The van der Waals surface area contributed by atoms with Gasteiger partial charge in [-0.05, 0) is 18.6 Å². The number of hydrogen-bond donors (Lipinski definition) is 0. The van der Waals surface area contributed by atoms with E-state index in [9.17, 15) is 9.59 Å². The molecule has 0 aliphatic heterocycles. The Morgan fingerprint density at radius 1 is 1.29 bits per heavy atom. The molecule has 0 fully saturated rings. The fourth-order valence-corrected chi connectivity index (χ4v) is 1.64. The van der Waals surface area contributed by atoms with Crippen molar-refractivity contribution in [3.8, 4) is 0 Å². The number of rotatable bonds is 2. The largest absolute Gasteiger partial charge is 0.446 e. The lowest BCUT2D eigenvalue weighted by molar-refractivity contribution is -0.150. The molecule has 1 aromatic carbocycles. The molecule has 1 aliphatic carbocycles. The molecule has 0 spiro atoms. The smallest absolute Gasteiger partial charge is 0.334 e. The Kier molecular flexibility index (Phi) is 2.91. The summed E-state index contributed by atoms with van der Waals surface area (Å²) in [6.07, 6.45) is 2.31. The lowest BCUT2D eigenvalue weighted by atomic mass is 9.94. The first-order valence-corrected chi connectivity index (χ1v) is 5.27. The second-order valence-electron chi connectivity index (χ2n) is 3.93. The van der Waals surface area contributed by atoms with Gasteiger partial charge in [-0.25, -0.2) is 4.79 Å². The molecule has 86 valence electrons. The van der Waals surface area contributed by atoms with Crippen molar-refractivity contribution in [3.63, 3.8) is 0 Å². The number of hydrogen-bond acceptors (Lipinski definition) is 3. The summed E-state index contributed by atoms with van der Waals surface area (Å²) in [6.45, 7) is 5.05. The highest BCUT2D eigenvalue weighted by Crippen LogP contribution is 2.28. The third-order valence-corrected chi connectivity index (χ3v) is 2.54. The van der Waals surface area contributed by atoms with Crippen molar-refractivity contribution in [1.82, 2.24) is 0 Å². The topological polar surface area (TPSA) is 43.4 Å². The monoisotopic (exact) mass is 228 g/mol. The van der Waals surface area contributed by atoms with Crippen LogP contribution in [0, 0.1) is 0 Å². The van der Waals surface area contributed by atoms with Crippen LogP contribution in [0.2, 0.25) is 0 Å². The van der Waals surface area contributed by atoms with Crippen LogP contribution in [0.15, 0.2) is 42.5 Å². The van der Waals surface area contributed by atoms with Crippen molar-refractivity contribution >= 4 is 17.8 Å². The lowest BCUT2D eigenvalue weighted by Crippen LogP contribution is -2.21.